The van der Waals surface area contributed by atoms with E-state index < -0.39 is 5.97 Å². The quantitative estimate of drug-likeness (QED) is 0.636. The molecule has 0 aliphatic carbocycles. The zero-order valence-electron chi connectivity index (χ0n) is 9.43. The summed E-state index contributed by atoms with van der Waals surface area (Å²) in [6.45, 7) is 11.8. The molecule has 2 heteroatoms. The van der Waals surface area contributed by atoms with Gasteiger partial charge in [-0.15, -0.1) is 0 Å². The van der Waals surface area contributed by atoms with E-state index >= 15 is 0 Å². The van der Waals surface area contributed by atoms with Gasteiger partial charge in [0.25, 0.3) is 0 Å². The van der Waals surface area contributed by atoms with Gasteiger partial charge in [-0.3, -0.25) is 0 Å². The lowest BCUT2D eigenvalue weighted by Crippen LogP contribution is -2.20. The van der Waals surface area contributed by atoms with E-state index in [2.05, 4.69) is 0 Å². The Morgan fingerprint density at radius 1 is 1.08 bits per heavy atom. The maximum absolute atomic E-state index is 11.0. The van der Waals surface area contributed by atoms with Gasteiger partial charge in [0.2, 0.25) is 0 Å². The van der Waals surface area contributed by atoms with E-state index in [1.165, 1.54) is 0 Å². The van der Waals surface area contributed by atoms with Crippen molar-refractivity contribution in [1.29, 1.82) is 0 Å². The summed E-state index contributed by atoms with van der Waals surface area (Å²) in [4.78, 5) is 11.0. The molecule has 0 aromatic carbocycles. The summed E-state index contributed by atoms with van der Waals surface area (Å²) in [6.07, 6.45) is 1.83. The number of allylic oxidation sites excluding steroid dienone is 1. The Hall–Kier alpha value is -0.790. The molecule has 0 aromatic heterocycles. The van der Waals surface area contributed by atoms with Crippen LogP contribution in [0.1, 0.15) is 41.5 Å². The second-order valence-corrected chi connectivity index (χ2v) is 5.48. The summed E-state index contributed by atoms with van der Waals surface area (Å²) < 4.78 is 0. The minimum absolute atomic E-state index is 0.0823. The van der Waals surface area contributed by atoms with Crippen molar-refractivity contribution in [2.45, 2.75) is 41.5 Å². The monoisotopic (exact) mass is 184 g/mol. The lowest BCUT2D eigenvalue weighted by atomic mass is 9.81. The third-order valence-electron chi connectivity index (χ3n) is 1.62. The zero-order valence-corrected chi connectivity index (χ0v) is 9.43. The molecule has 0 fully saturated rings. The van der Waals surface area contributed by atoms with Gasteiger partial charge in [-0.05, 0) is 10.8 Å². The summed E-state index contributed by atoms with van der Waals surface area (Å²) >= 11 is 0. The number of carboxylic acids is 1. The molecule has 0 saturated heterocycles. The van der Waals surface area contributed by atoms with E-state index in [-0.39, 0.29) is 10.8 Å². The first-order valence-electron chi connectivity index (χ1n) is 4.51. The Morgan fingerprint density at radius 3 is 1.54 bits per heavy atom. The first-order chi connectivity index (χ1) is 5.54. The predicted molar refractivity (Wildman–Crippen MR) is 54.6 cm³/mol. The average molecular weight is 184 g/mol. The van der Waals surface area contributed by atoms with E-state index in [1.807, 2.05) is 47.6 Å². The third-order valence-corrected chi connectivity index (χ3v) is 1.62. The summed E-state index contributed by atoms with van der Waals surface area (Å²) in [5, 5.41) is 9.00. The smallest absolute Gasteiger partial charge is 0.331 e. The minimum Gasteiger partial charge on any atom is -0.478 e. The van der Waals surface area contributed by atoms with E-state index in [0.717, 1.165) is 0 Å². The molecule has 0 aliphatic heterocycles. The molecule has 0 spiro atoms. The molecule has 0 rings (SSSR count). The van der Waals surface area contributed by atoms with E-state index in [9.17, 15) is 4.79 Å². The molecule has 13 heavy (non-hydrogen) atoms. The number of hydrogen-bond donors (Lipinski definition) is 1. The van der Waals surface area contributed by atoms with Crippen LogP contribution in [0.4, 0.5) is 0 Å². The highest BCUT2D eigenvalue weighted by Crippen LogP contribution is 2.29. The Kier molecular flexibility index (Phi) is 3.31. The fourth-order valence-electron chi connectivity index (χ4n) is 1.03. The van der Waals surface area contributed by atoms with Gasteiger partial charge >= 0.3 is 5.97 Å². The maximum Gasteiger partial charge on any atom is 0.331 e. The number of aliphatic carboxylic acids is 1. The van der Waals surface area contributed by atoms with Gasteiger partial charge in [0, 0.05) is 5.57 Å². The van der Waals surface area contributed by atoms with Gasteiger partial charge in [0.15, 0.2) is 0 Å². The van der Waals surface area contributed by atoms with Gasteiger partial charge in [-0.2, -0.15) is 0 Å². The van der Waals surface area contributed by atoms with Crippen LogP contribution < -0.4 is 0 Å². The second kappa shape index (κ2) is 3.52. The van der Waals surface area contributed by atoms with Gasteiger partial charge in [-0.25, -0.2) is 4.79 Å². The molecule has 0 aliphatic rings. The maximum atomic E-state index is 11.0. The van der Waals surface area contributed by atoms with Crippen molar-refractivity contribution in [3.63, 3.8) is 0 Å². The zero-order chi connectivity index (χ0) is 10.9. The lowest BCUT2D eigenvalue weighted by molar-refractivity contribution is -0.133. The largest absolute Gasteiger partial charge is 0.478 e. The van der Waals surface area contributed by atoms with Crippen LogP contribution in [0.15, 0.2) is 11.6 Å². The van der Waals surface area contributed by atoms with Crippen LogP contribution in [-0.2, 0) is 4.79 Å². The Labute approximate surface area is 80.7 Å². The normalized spacial score (nSPS) is 14.5. The predicted octanol–water partition coefficient (Wildman–Crippen LogP) is 3.09. The minimum atomic E-state index is -0.817. The first kappa shape index (κ1) is 12.2. The van der Waals surface area contributed by atoms with Gasteiger partial charge in [-0.1, -0.05) is 47.6 Å². The van der Waals surface area contributed by atoms with Crippen molar-refractivity contribution in [2.75, 3.05) is 0 Å². The highest BCUT2D eigenvalue weighted by Gasteiger charge is 2.25. The number of hydrogen-bond acceptors (Lipinski definition) is 1. The van der Waals surface area contributed by atoms with Crippen LogP contribution in [-0.4, -0.2) is 11.1 Å². The standard InChI is InChI=1S/C11H20O2/c1-10(2,3)7-8(9(12)13)11(4,5)6/h7H,1-6H3,(H,12,13)/b8-7+. The lowest BCUT2D eigenvalue weighted by Gasteiger charge is -2.23. The highest BCUT2D eigenvalue weighted by atomic mass is 16.4. The van der Waals surface area contributed by atoms with Crippen LogP contribution in [0.3, 0.4) is 0 Å². The Morgan fingerprint density at radius 2 is 1.46 bits per heavy atom. The van der Waals surface area contributed by atoms with Crippen molar-refractivity contribution >= 4 is 5.97 Å². The van der Waals surface area contributed by atoms with Crippen LogP contribution in [0.25, 0.3) is 0 Å². The Bertz CT molecular complexity index is 223. The molecule has 0 saturated carbocycles. The first-order valence-corrected chi connectivity index (χ1v) is 4.51. The summed E-state index contributed by atoms with van der Waals surface area (Å²) in [7, 11) is 0. The third kappa shape index (κ3) is 4.71. The molecule has 0 bridgehead atoms. The number of carboxylic acid groups (broad SMARTS) is 1. The van der Waals surface area contributed by atoms with Crippen LogP contribution in [0.2, 0.25) is 0 Å². The van der Waals surface area contributed by atoms with E-state index in [1.54, 1.807) is 0 Å². The molecule has 0 aromatic rings. The van der Waals surface area contributed by atoms with Crippen molar-refractivity contribution in [3.8, 4) is 0 Å². The SMILES string of the molecule is CC(C)(C)/C=C(\C(=O)O)C(C)(C)C. The van der Waals surface area contributed by atoms with Gasteiger partial charge < -0.3 is 5.11 Å². The summed E-state index contributed by atoms with van der Waals surface area (Å²) in [6, 6.07) is 0. The number of carbonyl (C=O) groups is 1. The molecule has 0 amide bonds. The van der Waals surface area contributed by atoms with E-state index in [4.69, 9.17) is 5.11 Å². The van der Waals surface area contributed by atoms with Gasteiger partial charge in [0.1, 0.15) is 0 Å². The molecule has 1 N–H and O–H groups in total. The highest BCUT2D eigenvalue weighted by molar-refractivity contribution is 5.88. The molecular formula is C11H20O2. The molecule has 0 heterocycles. The van der Waals surface area contributed by atoms with Crippen LogP contribution >= 0.6 is 0 Å². The van der Waals surface area contributed by atoms with Crippen LogP contribution in [0, 0.1) is 10.8 Å². The van der Waals surface area contributed by atoms with Crippen molar-refractivity contribution < 1.29 is 9.90 Å². The fourth-order valence-corrected chi connectivity index (χ4v) is 1.03. The van der Waals surface area contributed by atoms with Crippen LogP contribution in [0.5, 0.6) is 0 Å². The molecule has 0 radical (unpaired) electrons. The van der Waals surface area contributed by atoms with E-state index in [0.29, 0.717) is 5.57 Å². The molecule has 0 unspecified atom stereocenters. The molecule has 76 valence electrons. The number of rotatable bonds is 1. The van der Waals surface area contributed by atoms with Crippen molar-refractivity contribution in [2.24, 2.45) is 10.8 Å². The summed E-state index contributed by atoms with van der Waals surface area (Å²) in [5.41, 5.74) is 0.111. The topological polar surface area (TPSA) is 37.3 Å². The second-order valence-electron chi connectivity index (χ2n) is 5.48. The van der Waals surface area contributed by atoms with Crippen molar-refractivity contribution in [3.05, 3.63) is 11.6 Å². The summed E-state index contributed by atoms with van der Waals surface area (Å²) in [5.74, 6) is -0.817. The van der Waals surface area contributed by atoms with Gasteiger partial charge in [0.05, 0.1) is 0 Å². The molecule has 0 atom stereocenters. The average Bonchev–Trinajstić information content (AvgIpc) is 1.77. The Balaban J connectivity index is 5.06. The van der Waals surface area contributed by atoms with Crippen molar-refractivity contribution in [1.82, 2.24) is 0 Å². The molecular weight excluding hydrogens is 164 g/mol. The molecule has 2 nitrogen and oxygen atoms in total. The fraction of sp³-hybridized carbons (Fsp3) is 0.727.